The lowest BCUT2D eigenvalue weighted by Gasteiger charge is -2.36. The average molecular weight is 434 g/mol. The van der Waals surface area contributed by atoms with E-state index in [1.807, 2.05) is 6.92 Å². The summed E-state index contributed by atoms with van der Waals surface area (Å²) in [6.07, 6.45) is 0.203. The molecule has 2 saturated heterocycles. The number of halogens is 1. The SMILES string of the molecule is COc1cc(Cl)c(C)cc1N1C(=O)C[C@@H](N2CCN(Cc3cccs3)CC2)C1=O. The summed E-state index contributed by atoms with van der Waals surface area (Å²) in [4.78, 5) is 33.1. The highest BCUT2D eigenvalue weighted by Gasteiger charge is 2.44. The third kappa shape index (κ3) is 4.05. The zero-order valence-corrected chi connectivity index (χ0v) is 18.1. The van der Waals surface area contributed by atoms with Gasteiger partial charge in [0.2, 0.25) is 5.91 Å². The van der Waals surface area contributed by atoms with Crippen LogP contribution >= 0.6 is 22.9 Å². The first kappa shape index (κ1) is 20.3. The van der Waals surface area contributed by atoms with Gasteiger partial charge < -0.3 is 4.74 Å². The van der Waals surface area contributed by atoms with Gasteiger partial charge in [0.1, 0.15) is 5.75 Å². The fraction of sp³-hybridized carbons (Fsp3) is 0.429. The highest BCUT2D eigenvalue weighted by atomic mass is 35.5. The van der Waals surface area contributed by atoms with Crippen molar-refractivity contribution >= 4 is 40.4 Å². The molecule has 0 spiro atoms. The molecule has 0 N–H and O–H groups in total. The summed E-state index contributed by atoms with van der Waals surface area (Å²) in [5, 5.41) is 2.64. The van der Waals surface area contributed by atoms with E-state index >= 15 is 0 Å². The molecule has 1 aromatic carbocycles. The van der Waals surface area contributed by atoms with E-state index in [9.17, 15) is 9.59 Å². The van der Waals surface area contributed by atoms with E-state index in [1.165, 1.54) is 16.9 Å². The number of hydrogen-bond donors (Lipinski definition) is 0. The van der Waals surface area contributed by atoms with Gasteiger partial charge in [0.15, 0.2) is 0 Å². The molecular formula is C21H24ClN3O3S. The first-order valence-electron chi connectivity index (χ1n) is 9.67. The van der Waals surface area contributed by atoms with Crippen LogP contribution in [-0.4, -0.2) is 60.9 Å². The van der Waals surface area contributed by atoms with Gasteiger partial charge in [-0.15, -0.1) is 11.3 Å². The van der Waals surface area contributed by atoms with Crippen LogP contribution in [0.1, 0.15) is 16.9 Å². The van der Waals surface area contributed by atoms with Crippen molar-refractivity contribution in [2.75, 3.05) is 38.2 Å². The zero-order valence-electron chi connectivity index (χ0n) is 16.6. The predicted molar refractivity (Wildman–Crippen MR) is 115 cm³/mol. The first-order valence-corrected chi connectivity index (χ1v) is 10.9. The number of thiophene rings is 1. The van der Waals surface area contributed by atoms with Crippen molar-refractivity contribution in [3.63, 3.8) is 0 Å². The second kappa shape index (κ2) is 8.44. The second-order valence-electron chi connectivity index (χ2n) is 7.45. The van der Waals surface area contributed by atoms with Crippen LogP contribution in [0, 0.1) is 6.92 Å². The van der Waals surface area contributed by atoms with Crippen LogP contribution in [-0.2, 0) is 16.1 Å². The van der Waals surface area contributed by atoms with E-state index in [0.717, 1.165) is 38.3 Å². The van der Waals surface area contributed by atoms with Gasteiger partial charge >= 0.3 is 0 Å². The lowest BCUT2D eigenvalue weighted by molar-refractivity contribution is -0.123. The van der Waals surface area contributed by atoms with Crippen molar-refractivity contribution in [2.45, 2.75) is 25.9 Å². The van der Waals surface area contributed by atoms with Crippen molar-refractivity contribution in [2.24, 2.45) is 0 Å². The Hall–Kier alpha value is -1.93. The topological polar surface area (TPSA) is 53.1 Å². The number of rotatable bonds is 5. The van der Waals surface area contributed by atoms with Gasteiger partial charge in [-0.05, 0) is 30.0 Å². The number of benzene rings is 1. The highest BCUT2D eigenvalue weighted by molar-refractivity contribution is 7.09. The minimum atomic E-state index is -0.410. The molecule has 1 atom stereocenters. The van der Waals surface area contributed by atoms with Gasteiger partial charge in [-0.25, -0.2) is 4.90 Å². The standard InChI is InChI=1S/C21H24ClN3O3S/c1-14-10-17(19(28-2)11-16(14)22)25-20(26)12-18(21(25)27)24-7-5-23(6-8-24)13-15-4-3-9-29-15/h3-4,9-11,18H,5-8,12-13H2,1-2H3/t18-/m1/s1. The maximum Gasteiger partial charge on any atom is 0.251 e. The fourth-order valence-electron chi connectivity index (χ4n) is 4.00. The molecule has 0 unspecified atom stereocenters. The Morgan fingerprint density at radius 2 is 1.97 bits per heavy atom. The molecule has 2 fully saturated rings. The van der Waals surface area contributed by atoms with Crippen LogP contribution < -0.4 is 9.64 Å². The number of carbonyl (C=O) groups excluding carboxylic acids is 2. The number of hydrogen-bond acceptors (Lipinski definition) is 6. The normalized spacial score (nSPS) is 21.2. The Labute approximate surface area is 179 Å². The van der Waals surface area contributed by atoms with E-state index < -0.39 is 6.04 Å². The van der Waals surface area contributed by atoms with Gasteiger partial charge in [0.05, 0.1) is 25.3 Å². The van der Waals surface area contributed by atoms with Gasteiger partial charge in [0.25, 0.3) is 5.91 Å². The maximum absolute atomic E-state index is 13.2. The van der Waals surface area contributed by atoms with Crippen LogP contribution in [0.2, 0.25) is 5.02 Å². The van der Waals surface area contributed by atoms with Crippen LogP contribution in [0.3, 0.4) is 0 Å². The molecule has 3 heterocycles. The molecule has 2 aliphatic rings. The number of imide groups is 1. The molecule has 29 heavy (non-hydrogen) atoms. The molecule has 8 heteroatoms. The van der Waals surface area contributed by atoms with Gasteiger partial charge in [-0.2, -0.15) is 0 Å². The Balaban J connectivity index is 1.46. The van der Waals surface area contributed by atoms with Crippen LogP contribution in [0.4, 0.5) is 5.69 Å². The summed E-state index contributed by atoms with van der Waals surface area (Å²) in [6, 6.07) is 7.21. The quantitative estimate of drug-likeness (QED) is 0.678. The Kier molecular flexibility index (Phi) is 5.92. The summed E-state index contributed by atoms with van der Waals surface area (Å²) in [6.45, 7) is 6.12. The number of methoxy groups -OCH3 is 1. The molecule has 154 valence electrons. The van der Waals surface area contributed by atoms with Crippen molar-refractivity contribution < 1.29 is 14.3 Å². The van der Waals surface area contributed by atoms with Crippen molar-refractivity contribution in [1.82, 2.24) is 9.80 Å². The van der Waals surface area contributed by atoms with E-state index in [0.29, 0.717) is 16.5 Å². The molecule has 2 aliphatic heterocycles. The molecule has 6 nitrogen and oxygen atoms in total. The Bertz CT molecular complexity index is 910. The smallest absolute Gasteiger partial charge is 0.251 e. The van der Waals surface area contributed by atoms with Crippen LogP contribution in [0.5, 0.6) is 5.75 Å². The maximum atomic E-state index is 13.2. The lowest BCUT2D eigenvalue weighted by Crippen LogP contribution is -2.52. The summed E-state index contributed by atoms with van der Waals surface area (Å²) < 4.78 is 5.39. The number of amides is 2. The van der Waals surface area contributed by atoms with Gasteiger partial charge in [0, 0.05) is 48.7 Å². The third-order valence-electron chi connectivity index (χ3n) is 5.63. The molecule has 0 saturated carbocycles. The minimum Gasteiger partial charge on any atom is -0.495 e. The predicted octanol–water partition coefficient (Wildman–Crippen LogP) is 3.17. The summed E-state index contributed by atoms with van der Waals surface area (Å²) in [5.74, 6) is 0.0616. The van der Waals surface area contributed by atoms with Crippen molar-refractivity contribution in [3.8, 4) is 5.75 Å². The fourth-order valence-corrected chi connectivity index (χ4v) is 4.90. The number of piperazine rings is 1. The Morgan fingerprint density at radius 3 is 2.62 bits per heavy atom. The highest BCUT2D eigenvalue weighted by Crippen LogP contribution is 2.37. The average Bonchev–Trinajstić information content (AvgIpc) is 3.32. The lowest BCUT2D eigenvalue weighted by atomic mass is 10.1. The van der Waals surface area contributed by atoms with Crippen molar-refractivity contribution in [1.29, 1.82) is 0 Å². The largest absolute Gasteiger partial charge is 0.495 e. The first-order chi connectivity index (χ1) is 14.0. The van der Waals surface area contributed by atoms with Crippen LogP contribution in [0.25, 0.3) is 0 Å². The molecule has 2 amide bonds. The molecule has 0 aliphatic carbocycles. The van der Waals surface area contributed by atoms with E-state index in [4.69, 9.17) is 16.3 Å². The summed E-state index contributed by atoms with van der Waals surface area (Å²) in [7, 11) is 1.51. The van der Waals surface area contributed by atoms with E-state index in [1.54, 1.807) is 23.5 Å². The van der Waals surface area contributed by atoms with Gasteiger partial charge in [-0.1, -0.05) is 17.7 Å². The molecule has 0 radical (unpaired) electrons. The zero-order chi connectivity index (χ0) is 20.5. The summed E-state index contributed by atoms with van der Waals surface area (Å²) >= 11 is 7.94. The number of nitrogens with zero attached hydrogens (tertiary/aromatic N) is 3. The van der Waals surface area contributed by atoms with Crippen LogP contribution in [0.15, 0.2) is 29.6 Å². The Morgan fingerprint density at radius 1 is 1.21 bits per heavy atom. The summed E-state index contributed by atoms with van der Waals surface area (Å²) in [5.41, 5.74) is 1.27. The van der Waals surface area contributed by atoms with Gasteiger partial charge in [-0.3, -0.25) is 19.4 Å². The molecule has 0 bridgehead atoms. The third-order valence-corrected chi connectivity index (χ3v) is 6.90. The number of aryl methyl sites for hydroxylation is 1. The second-order valence-corrected chi connectivity index (χ2v) is 8.89. The molecule has 4 rings (SSSR count). The van der Waals surface area contributed by atoms with E-state index in [2.05, 4.69) is 27.3 Å². The van der Waals surface area contributed by atoms with E-state index in [-0.39, 0.29) is 18.2 Å². The number of carbonyl (C=O) groups is 2. The molecule has 2 aromatic rings. The van der Waals surface area contributed by atoms with Crippen molar-refractivity contribution in [3.05, 3.63) is 45.1 Å². The number of ether oxygens (including phenoxy) is 1. The monoisotopic (exact) mass is 433 g/mol. The molecule has 1 aromatic heterocycles. The minimum absolute atomic E-state index is 0.179. The molecular weight excluding hydrogens is 410 g/mol. The number of anilines is 1.